The van der Waals surface area contributed by atoms with E-state index >= 15 is 0 Å². The van der Waals surface area contributed by atoms with E-state index in [4.69, 9.17) is 0 Å². The highest BCUT2D eigenvalue weighted by molar-refractivity contribution is 6.20. The number of phenolic OH excluding ortho intramolecular Hbond substituents is 1. The van der Waals surface area contributed by atoms with Gasteiger partial charge in [0.25, 0.3) is 0 Å². The van der Waals surface area contributed by atoms with Crippen molar-refractivity contribution in [3.63, 3.8) is 0 Å². The molecule has 0 saturated carbocycles. The van der Waals surface area contributed by atoms with Crippen molar-refractivity contribution in [2.75, 3.05) is 7.11 Å². The second-order valence-corrected chi connectivity index (χ2v) is 4.33. The van der Waals surface area contributed by atoms with Gasteiger partial charge in [-0.2, -0.15) is 0 Å². The number of Topliss-reactive ketones (excluding diaryl/α,β-unsaturated/α-hetero) is 1. The lowest BCUT2D eigenvalue weighted by molar-refractivity contribution is -0.137. The maximum atomic E-state index is 11.6. The largest absolute Gasteiger partial charge is 0.507 e. The number of hydrogen-bond donors (Lipinski definition) is 1. The van der Waals surface area contributed by atoms with Crippen LogP contribution in [-0.2, 0) is 14.3 Å². The average Bonchev–Trinajstić information content (AvgIpc) is 2.45. The van der Waals surface area contributed by atoms with Crippen LogP contribution in [0.4, 0.5) is 0 Å². The molecule has 0 fully saturated rings. The van der Waals surface area contributed by atoms with Gasteiger partial charge >= 0.3 is 5.97 Å². The predicted octanol–water partition coefficient (Wildman–Crippen LogP) is 2.69. The van der Waals surface area contributed by atoms with Crippen LogP contribution in [0.1, 0.15) is 12.5 Å². The summed E-state index contributed by atoms with van der Waals surface area (Å²) in [6.07, 6.45) is 1.37. The molecular formula is C16H14O4. The number of ether oxygens (including phenoxy) is 1. The molecular weight excluding hydrogens is 256 g/mol. The number of rotatable bonds is 3. The minimum Gasteiger partial charge on any atom is -0.507 e. The van der Waals surface area contributed by atoms with E-state index in [1.807, 2.05) is 24.3 Å². The highest BCUT2D eigenvalue weighted by Crippen LogP contribution is 2.29. The molecule has 2 rings (SSSR count). The van der Waals surface area contributed by atoms with Crippen molar-refractivity contribution in [1.29, 1.82) is 0 Å². The second kappa shape index (κ2) is 5.57. The van der Waals surface area contributed by atoms with Gasteiger partial charge in [0.15, 0.2) is 5.78 Å². The van der Waals surface area contributed by atoms with E-state index in [1.165, 1.54) is 26.2 Å². The Balaban J connectivity index is 2.70. The third-order valence-corrected chi connectivity index (χ3v) is 3.02. The summed E-state index contributed by atoms with van der Waals surface area (Å²) in [7, 11) is 1.21. The molecule has 0 saturated heterocycles. The molecule has 2 aromatic carbocycles. The lowest BCUT2D eigenvalue weighted by atomic mass is 10.00. The molecule has 0 unspecified atom stereocenters. The molecule has 0 aliphatic carbocycles. The first kappa shape index (κ1) is 13.8. The van der Waals surface area contributed by atoms with Gasteiger partial charge < -0.3 is 9.84 Å². The molecule has 0 spiro atoms. The van der Waals surface area contributed by atoms with Gasteiger partial charge in [0.05, 0.1) is 7.11 Å². The fourth-order valence-electron chi connectivity index (χ4n) is 1.99. The Bertz CT molecular complexity index is 713. The molecule has 0 amide bonds. The normalized spacial score (nSPS) is 11.4. The van der Waals surface area contributed by atoms with Crippen LogP contribution in [0.2, 0.25) is 0 Å². The van der Waals surface area contributed by atoms with Crippen LogP contribution in [0.3, 0.4) is 0 Å². The molecule has 0 aliphatic rings. The molecule has 4 nitrogen and oxygen atoms in total. The monoisotopic (exact) mass is 270 g/mol. The number of aromatic hydroxyl groups is 1. The Morgan fingerprint density at radius 3 is 2.50 bits per heavy atom. The fraction of sp³-hybridized carbons (Fsp3) is 0.125. The summed E-state index contributed by atoms with van der Waals surface area (Å²) in [6.45, 7) is 1.28. The Hall–Kier alpha value is -2.62. The number of carbonyl (C=O) groups is 2. The molecule has 0 aromatic heterocycles. The number of carbonyl (C=O) groups excluding carboxylic acids is 2. The van der Waals surface area contributed by atoms with E-state index in [-0.39, 0.29) is 11.3 Å². The third kappa shape index (κ3) is 2.54. The standard InChI is InChI=1S/C16H14O4/c1-10(17)13(16(19)20-2)9-14-12-6-4-3-5-11(12)7-8-15(14)18/h3-9,18H,1-2H3. The summed E-state index contributed by atoms with van der Waals surface area (Å²) < 4.78 is 4.59. The van der Waals surface area contributed by atoms with Crippen molar-refractivity contribution < 1.29 is 19.4 Å². The minimum absolute atomic E-state index is 0.00588. The fourth-order valence-corrected chi connectivity index (χ4v) is 1.99. The number of fused-ring (bicyclic) bond motifs is 1. The summed E-state index contributed by atoms with van der Waals surface area (Å²) in [4.78, 5) is 23.2. The van der Waals surface area contributed by atoms with Crippen molar-refractivity contribution in [2.45, 2.75) is 6.92 Å². The maximum absolute atomic E-state index is 11.6. The van der Waals surface area contributed by atoms with E-state index in [1.54, 1.807) is 6.07 Å². The van der Waals surface area contributed by atoms with Crippen LogP contribution in [0.15, 0.2) is 42.0 Å². The van der Waals surface area contributed by atoms with Crippen molar-refractivity contribution in [3.05, 3.63) is 47.5 Å². The lowest BCUT2D eigenvalue weighted by Gasteiger charge is -2.07. The lowest BCUT2D eigenvalue weighted by Crippen LogP contribution is -2.11. The SMILES string of the molecule is COC(=O)C(=Cc1c(O)ccc2ccccc12)C(C)=O. The zero-order valence-electron chi connectivity index (χ0n) is 11.2. The van der Waals surface area contributed by atoms with Crippen LogP contribution in [-0.4, -0.2) is 24.0 Å². The molecule has 2 aromatic rings. The highest BCUT2D eigenvalue weighted by Gasteiger charge is 2.16. The van der Waals surface area contributed by atoms with E-state index in [0.29, 0.717) is 5.56 Å². The van der Waals surface area contributed by atoms with Crippen molar-refractivity contribution in [1.82, 2.24) is 0 Å². The Morgan fingerprint density at radius 1 is 1.15 bits per heavy atom. The molecule has 0 bridgehead atoms. The maximum Gasteiger partial charge on any atom is 0.341 e. The zero-order chi connectivity index (χ0) is 14.7. The number of phenols is 1. The molecule has 4 heteroatoms. The van der Waals surface area contributed by atoms with Gasteiger partial charge in [0.1, 0.15) is 11.3 Å². The topological polar surface area (TPSA) is 63.6 Å². The highest BCUT2D eigenvalue weighted by atomic mass is 16.5. The Morgan fingerprint density at radius 2 is 1.85 bits per heavy atom. The van der Waals surface area contributed by atoms with Gasteiger partial charge in [-0.3, -0.25) is 4.79 Å². The zero-order valence-corrected chi connectivity index (χ0v) is 11.2. The second-order valence-electron chi connectivity index (χ2n) is 4.33. The predicted molar refractivity (Wildman–Crippen MR) is 76.3 cm³/mol. The summed E-state index contributed by atoms with van der Waals surface area (Å²) in [5.74, 6) is -1.12. The van der Waals surface area contributed by atoms with Gasteiger partial charge in [-0.25, -0.2) is 4.79 Å². The smallest absolute Gasteiger partial charge is 0.341 e. The number of hydrogen-bond acceptors (Lipinski definition) is 4. The molecule has 1 N–H and O–H groups in total. The van der Waals surface area contributed by atoms with Gasteiger partial charge in [-0.1, -0.05) is 30.3 Å². The van der Waals surface area contributed by atoms with E-state index in [0.717, 1.165) is 10.8 Å². The van der Waals surface area contributed by atoms with Crippen molar-refractivity contribution in [3.8, 4) is 5.75 Å². The summed E-state index contributed by atoms with van der Waals surface area (Å²) >= 11 is 0. The Kier molecular flexibility index (Phi) is 3.84. The Labute approximate surface area is 116 Å². The first-order chi connectivity index (χ1) is 9.54. The number of methoxy groups -OCH3 is 1. The van der Waals surface area contributed by atoms with E-state index < -0.39 is 11.8 Å². The van der Waals surface area contributed by atoms with Crippen LogP contribution in [0, 0.1) is 0 Å². The van der Waals surface area contributed by atoms with Crippen molar-refractivity contribution in [2.24, 2.45) is 0 Å². The average molecular weight is 270 g/mol. The minimum atomic E-state index is -0.718. The summed E-state index contributed by atoms with van der Waals surface area (Å²) in [6, 6.07) is 10.7. The van der Waals surface area contributed by atoms with E-state index in [9.17, 15) is 14.7 Å². The summed E-state index contributed by atoms with van der Waals surface area (Å²) in [5, 5.41) is 11.7. The third-order valence-electron chi connectivity index (χ3n) is 3.02. The summed E-state index contributed by atoms with van der Waals surface area (Å²) in [5.41, 5.74) is 0.331. The molecule has 102 valence electrons. The van der Waals surface area contributed by atoms with Crippen LogP contribution >= 0.6 is 0 Å². The number of ketones is 1. The van der Waals surface area contributed by atoms with Gasteiger partial charge in [0.2, 0.25) is 0 Å². The van der Waals surface area contributed by atoms with Gasteiger partial charge in [-0.15, -0.1) is 0 Å². The number of esters is 1. The molecule has 0 radical (unpaired) electrons. The van der Waals surface area contributed by atoms with Crippen LogP contribution in [0.5, 0.6) is 5.75 Å². The molecule has 0 atom stereocenters. The first-order valence-electron chi connectivity index (χ1n) is 6.06. The first-order valence-corrected chi connectivity index (χ1v) is 6.06. The van der Waals surface area contributed by atoms with Gasteiger partial charge in [-0.05, 0) is 29.8 Å². The number of benzene rings is 2. The van der Waals surface area contributed by atoms with E-state index in [2.05, 4.69) is 4.74 Å². The molecule has 20 heavy (non-hydrogen) atoms. The molecule has 0 aliphatic heterocycles. The van der Waals surface area contributed by atoms with Crippen LogP contribution in [0.25, 0.3) is 16.8 Å². The van der Waals surface area contributed by atoms with Crippen LogP contribution < -0.4 is 0 Å². The van der Waals surface area contributed by atoms with Gasteiger partial charge in [0, 0.05) is 5.56 Å². The quantitative estimate of drug-likeness (QED) is 0.403. The van der Waals surface area contributed by atoms with Crippen molar-refractivity contribution >= 4 is 28.6 Å². The molecule has 0 heterocycles.